The van der Waals surface area contributed by atoms with Crippen LogP contribution in [0.25, 0.3) is 0 Å². The standard InChI is InChI=1S/C20H23NO3/c1-24-18-13-6-5-11-16(18)19(15-9-3-2-4-10-15)21-14-8-7-12-17(21)20(22)23/h2-6,9-11,13,17,19H,7-8,12,14H2,1H3,(H,22,23). The molecule has 1 saturated heterocycles. The molecule has 4 nitrogen and oxygen atoms in total. The van der Waals surface area contributed by atoms with Gasteiger partial charge in [0.2, 0.25) is 0 Å². The lowest BCUT2D eigenvalue weighted by atomic mass is 9.91. The van der Waals surface area contributed by atoms with E-state index >= 15 is 0 Å². The van der Waals surface area contributed by atoms with E-state index in [1.54, 1.807) is 7.11 Å². The molecule has 0 aliphatic carbocycles. The van der Waals surface area contributed by atoms with Crippen LogP contribution < -0.4 is 4.74 Å². The van der Waals surface area contributed by atoms with Crippen LogP contribution in [-0.4, -0.2) is 35.7 Å². The van der Waals surface area contributed by atoms with Crippen LogP contribution in [0.2, 0.25) is 0 Å². The van der Waals surface area contributed by atoms with Gasteiger partial charge in [0, 0.05) is 5.56 Å². The highest BCUT2D eigenvalue weighted by atomic mass is 16.5. The number of rotatable bonds is 5. The molecule has 0 bridgehead atoms. The molecule has 2 aromatic rings. The van der Waals surface area contributed by atoms with Crippen LogP contribution in [0.3, 0.4) is 0 Å². The summed E-state index contributed by atoms with van der Waals surface area (Å²) in [6.45, 7) is 0.772. The molecule has 2 unspecified atom stereocenters. The normalized spacial score (nSPS) is 19.6. The van der Waals surface area contributed by atoms with Crippen molar-refractivity contribution >= 4 is 5.97 Å². The highest BCUT2D eigenvalue weighted by Gasteiger charge is 2.36. The summed E-state index contributed by atoms with van der Waals surface area (Å²) in [5.74, 6) is 0.0478. The van der Waals surface area contributed by atoms with Crippen molar-refractivity contribution in [3.05, 3.63) is 65.7 Å². The molecule has 3 rings (SSSR count). The first-order valence-corrected chi connectivity index (χ1v) is 8.39. The molecule has 0 saturated carbocycles. The number of nitrogens with zero attached hydrogens (tertiary/aromatic N) is 1. The number of carboxylic acids is 1. The van der Waals surface area contributed by atoms with Crippen molar-refractivity contribution in [2.45, 2.75) is 31.3 Å². The summed E-state index contributed by atoms with van der Waals surface area (Å²) in [7, 11) is 1.66. The summed E-state index contributed by atoms with van der Waals surface area (Å²) < 4.78 is 5.56. The summed E-state index contributed by atoms with van der Waals surface area (Å²) in [6, 6.07) is 17.4. The maximum absolute atomic E-state index is 11.8. The Bertz CT molecular complexity index is 686. The molecule has 1 aliphatic heterocycles. The average molecular weight is 325 g/mol. The second kappa shape index (κ2) is 7.49. The third-order valence-corrected chi connectivity index (χ3v) is 4.71. The molecule has 0 radical (unpaired) electrons. The summed E-state index contributed by atoms with van der Waals surface area (Å²) >= 11 is 0. The summed E-state index contributed by atoms with van der Waals surface area (Å²) in [5, 5.41) is 9.70. The van der Waals surface area contributed by atoms with Crippen LogP contribution in [0.5, 0.6) is 5.75 Å². The second-order valence-corrected chi connectivity index (χ2v) is 6.14. The Morgan fingerprint density at radius 1 is 1.12 bits per heavy atom. The molecule has 0 spiro atoms. The zero-order valence-electron chi connectivity index (χ0n) is 13.9. The number of methoxy groups -OCH3 is 1. The number of para-hydroxylation sites is 1. The van der Waals surface area contributed by atoms with Gasteiger partial charge in [0.15, 0.2) is 0 Å². The van der Waals surface area contributed by atoms with Gasteiger partial charge in [-0.15, -0.1) is 0 Å². The van der Waals surface area contributed by atoms with Gasteiger partial charge in [-0.05, 0) is 31.0 Å². The molecule has 126 valence electrons. The van der Waals surface area contributed by atoms with Crippen molar-refractivity contribution in [3.63, 3.8) is 0 Å². The van der Waals surface area contributed by atoms with Crippen molar-refractivity contribution in [1.29, 1.82) is 0 Å². The fourth-order valence-electron chi connectivity index (χ4n) is 3.61. The van der Waals surface area contributed by atoms with Crippen molar-refractivity contribution in [1.82, 2.24) is 4.90 Å². The number of hydrogen-bond donors (Lipinski definition) is 1. The largest absolute Gasteiger partial charge is 0.496 e. The molecule has 1 aliphatic rings. The first-order chi connectivity index (χ1) is 11.7. The Labute approximate surface area is 142 Å². The lowest BCUT2D eigenvalue weighted by Crippen LogP contribution is -2.46. The predicted molar refractivity (Wildman–Crippen MR) is 93.3 cm³/mol. The SMILES string of the molecule is COc1ccccc1C(c1ccccc1)N1CCCCC1C(=O)O. The quantitative estimate of drug-likeness (QED) is 0.910. The first-order valence-electron chi connectivity index (χ1n) is 8.39. The Hall–Kier alpha value is -2.33. The Balaban J connectivity index is 2.10. The predicted octanol–water partition coefficient (Wildman–Crippen LogP) is 3.72. The Morgan fingerprint density at radius 2 is 1.83 bits per heavy atom. The van der Waals surface area contributed by atoms with Crippen LogP contribution in [0.4, 0.5) is 0 Å². The topological polar surface area (TPSA) is 49.8 Å². The minimum absolute atomic E-state index is 0.122. The second-order valence-electron chi connectivity index (χ2n) is 6.14. The molecular weight excluding hydrogens is 302 g/mol. The summed E-state index contributed by atoms with van der Waals surface area (Å²) in [5.41, 5.74) is 2.11. The van der Waals surface area contributed by atoms with E-state index in [1.807, 2.05) is 42.5 Å². The van der Waals surface area contributed by atoms with Gasteiger partial charge in [-0.25, -0.2) is 0 Å². The minimum Gasteiger partial charge on any atom is -0.496 e. The van der Waals surface area contributed by atoms with Gasteiger partial charge in [-0.1, -0.05) is 55.0 Å². The van der Waals surface area contributed by atoms with E-state index in [0.717, 1.165) is 36.3 Å². The van der Waals surface area contributed by atoms with E-state index < -0.39 is 12.0 Å². The van der Waals surface area contributed by atoms with E-state index in [0.29, 0.717) is 6.42 Å². The zero-order valence-corrected chi connectivity index (χ0v) is 13.9. The van der Waals surface area contributed by atoms with Crippen LogP contribution in [0.15, 0.2) is 54.6 Å². The van der Waals surface area contributed by atoms with Crippen LogP contribution in [0.1, 0.15) is 36.4 Å². The molecule has 0 amide bonds. The third-order valence-electron chi connectivity index (χ3n) is 4.71. The van der Waals surface area contributed by atoms with E-state index in [2.05, 4.69) is 17.0 Å². The van der Waals surface area contributed by atoms with E-state index in [4.69, 9.17) is 4.74 Å². The van der Waals surface area contributed by atoms with Crippen molar-refractivity contribution in [3.8, 4) is 5.75 Å². The molecule has 1 heterocycles. The number of hydrogen-bond acceptors (Lipinski definition) is 3. The fourth-order valence-corrected chi connectivity index (χ4v) is 3.61. The highest BCUT2D eigenvalue weighted by molar-refractivity contribution is 5.73. The monoisotopic (exact) mass is 325 g/mol. The molecule has 24 heavy (non-hydrogen) atoms. The van der Waals surface area contributed by atoms with Gasteiger partial charge in [-0.2, -0.15) is 0 Å². The number of likely N-dealkylation sites (tertiary alicyclic amines) is 1. The third kappa shape index (κ3) is 3.29. The first kappa shape index (κ1) is 16.5. The average Bonchev–Trinajstić information content (AvgIpc) is 2.63. The van der Waals surface area contributed by atoms with Crippen molar-refractivity contribution in [2.24, 2.45) is 0 Å². The number of benzene rings is 2. The Morgan fingerprint density at radius 3 is 2.54 bits per heavy atom. The number of aliphatic carboxylic acids is 1. The molecule has 4 heteroatoms. The van der Waals surface area contributed by atoms with E-state index in [1.165, 1.54) is 0 Å². The van der Waals surface area contributed by atoms with Gasteiger partial charge in [0.25, 0.3) is 0 Å². The molecule has 2 aromatic carbocycles. The van der Waals surface area contributed by atoms with Gasteiger partial charge < -0.3 is 9.84 Å². The number of carbonyl (C=O) groups is 1. The number of piperidine rings is 1. The van der Waals surface area contributed by atoms with Crippen molar-refractivity contribution < 1.29 is 14.6 Å². The number of carboxylic acid groups (broad SMARTS) is 1. The minimum atomic E-state index is -0.745. The molecule has 2 atom stereocenters. The maximum Gasteiger partial charge on any atom is 0.320 e. The molecule has 1 N–H and O–H groups in total. The fraction of sp³-hybridized carbons (Fsp3) is 0.350. The molecular formula is C20H23NO3. The lowest BCUT2D eigenvalue weighted by molar-refractivity contribution is -0.145. The smallest absolute Gasteiger partial charge is 0.320 e. The van der Waals surface area contributed by atoms with Crippen LogP contribution in [0, 0.1) is 0 Å². The lowest BCUT2D eigenvalue weighted by Gasteiger charge is -2.40. The Kier molecular flexibility index (Phi) is 5.16. The number of ether oxygens (including phenoxy) is 1. The zero-order chi connectivity index (χ0) is 16.9. The summed E-state index contributed by atoms with van der Waals surface area (Å²) in [6.07, 6.45) is 2.66. The molecule has 1 fully saturated rings. The van der Waals surface area contributed by atoms with Gasteiger partial charge >= 0.3 is 5.97 Å². The van der Waals surface area contributed by atoms with Gasteiger partial charge in [0.05, 0.1) is 13.2 Å². The molecule has 0 aromatic heterocycles. The van der Waals surface area contributed by atoms with E-state index in [9.17, 15) is 9.90 Å². The van der Waals surface area contributed by atoms with Crippen molar-refractivity contribution in [2.75, 3.05) is 13.7 Å². The summed E-state index contributed by atoms with van der Waals surface area (Å²) in [4.78, 5) is 13.9. The van der Waals surface area contributed by atoms with Crippen LogP contribution in [-0.2, 0) is 4.79 Å². The van der Waals surface area contributed by atoms with Crippen LogP contribution >= 0.6 is 0 Å². The van der Waals surface area contributed by atoms with Gasteiger partial charge in [0.1, 0.15) is 11.8 Å². The van der Waals surface area contributed by atoms with E-state index in [-0.39, 0.29) is 6.04 Å². The highest BCUT2D eigenvalue weighted by Crippen LogP contribution is 2.38. The maximum atomic E-state index is 11.8. The van der Waals surface area contributed by atoms with Gasteiger partial charge in [-0.3, -0.25) is 9.69 Å².